The first-order valence-electron chi connectivity index (χ1n) is 5.64. The Kier molecular flexibility index (Phi) is 3.92. The topological polar surface area (TPSA) is 34.9 Å². The molecule has 0 aliphatic heterocycles. The van der Waals surface area contributed by atoms with E-state index < -0.39 is 11.6 Å². The average molecular weight is 301 g/mol. The van der Waals surface area contributed by atoms with Crippen LogP contribution in [0.2, 0.25) is 10.0 Å². The third-order valence-electron chi connectivity index (χ3n) is 2.63. The van der Waals surface area contributed by atoms with Crippen LogP contribution in [-0.4, -0.2) is 15.6 Å². The molecule has 0 aliphatic rings. The molecule has 0 amide bonds. The van der Waals surface area contributed by atoms with Crippen molar-refractivity contribution in [2.45, 2.75) is 19.9 Å². The first-order valence-corrected chi connectivity index (χ1v) is 6.40. The van der Waals surface area contributed by atoms with Crippen LogP contribution in [0.15, 0.2) is 24.4 Å². The summed E-state index contributed by atoms with van der Waals surface area (Å²) in [7, 11) is 0. The van der Waals surface area contributed by atoms with Crippen LogP contribution in [0, 0.1) is 5.82 Å². The van der Waals surface area contributed by atoms with Crippen LogP contribution in [-0.2, 0) is 0 Å². The molecule has 0 N–H and O–H groups in total. The number of aromatic nitrogens is 2. The van der Waals surface area contributed by atoms with Crippen molar-refractivity contribution >= 4 is 29.0 Å². The minimum absolute atomic E-state index is 0.0539. The molecule has 3 nitrogen and oxygen atoms in total. The summed E-state index contributed by atoms with van der Waals surface area (Å²) in [5, 5.41) is 4.46. The number of carbonyl (C=O) groups is 1. The summed E-state index contributed by atoms with van der Waals surface area (Å²) in [4.78, 5) is 12.4. The monoisotopic (exact) mass is 300 g/mol. The van der Waals surface area contributed by atoms with Crippen molar-refractivity contribution in [1.29, 1.82) is 0 Å². The van der Waals surface area contributed by atoms with Gasteiger partial charge in [0.25, 0.3) is 0 Å². The molecule has 6 heteroatoms. The highest BCUT2D eigenvalue weighted by Gasteiger charge is 2.23. The number of carbonyl (C=O) groups excluding carboxylic acids is 1. The van der Waals surface area contributed by atoms with E-state index in [9.17, 15) is 9.18 Å². The second-order valence-electron chi connectivity index (χ2n) is 4.33. The molecule has 19 heavy (non-hydrogen) atoms. The SMILES string of the molecule is CC(C)n1ncc(Cl)c1C(=O)c1ccc(Cl)cc1F. The predicted molar refractivity (Wildman–Crippen MR) is 72.5 cm³/mol. The lowest BCUT2D eigenvalue weighted by Gasteiger charge is -2.11. The van der Waals surface area contributed by atoms with Crippen molar-refractivity contribution in [2.75, 3.05) is 0 Å². The van der Waals surface area contributed by atoms with E-state index in [1.165, 1.54) is 23.0 Å². The molecule has 0 saturated heterocycles. The normalized spacial score (nSPS) is 11.1. The minimum Gasteiger partial charge on any atom is -0.287 e. The van der Waals surface area contributed by atoms with Crippen molar-refractivity contribution in [3.05, 3.63) is 51.5 Å². The summed E-state index contributed by atoms with van der Waals surface area (Å²) in [6.45, 7) is 3.72. The van der Waals surface area contributed by atoms with Gasteiger partial charge in [0.05, 0.1) is 16.8 Å². The highest BCUT2D eigenvalue weighted by Crippen LogP contribution is 2.24. The highest BCUT2D eigenvalue weighted by molar-refractivity contribution is 6.34. The lowest BCUT2D eigenvalue weighted by atomic mass is 10.1. The minimum atomic E-state index is -0.676. The predicted octanol–water partition coefficient (Wildman–Crippen LogP) is 4.14. The van der Waals surface area contributed by atoms with E-state index in [1.54, 1.807) is 0 Å². The van der Waals surface area contributed by atoms with Crippen molar-refractivity contribution in [2.24, 2.45) is 0 Å². The van der Waals surface area contributed by atoms with Crippen molar-refractivity contribution in [3.8, 4) is 0 Å². The molecule has 2 aromatic rings. The number of halogens is 3. The second-order valence-corrected chi connectivity index (χ2v) is 5.18. The lowest BCUT2D eigenvalue weighted by molar-refractivity contribution is 0.102. The van der Waals surface area contributed by atoms with E-state index in [4.69, 9.17) is 23.2 Å². The molecular weight excluding hydrogens is 290 g/mol. The van der Waals surface area contributed by atoms with Gasteiger partial charge in [-0.25, -0.2) is 4.39 Å². The fourth-order valence-electron chi connectivity index (χ4n) is 1.75. The Balaban J connectivity index is 2.53. The van der Waals surface area contributed by atoms with Gasteiger partial charge in [-0.2, -0.15) is 5.10 Å². The Morgan fingerprint density at radius 2 is 2.05 bits per heavy atom. The zero-order valence-electron chi connectivity index (χ0n) is 10.3. The summed E-state index contributed by atoms with van der Waals surface area (Å²) in [6, 6.07) is 3.84. The molecule has 1 aromatic carbocycles. The zero-order valence-corrected chi connectivity index (χ0v) is 11.8. The van der Waals surface area contributed by atoms with Crippen LogP contribution in [0.1, 0.15) is 35.9 Å². The maximum atomic E-state index is 13.8. The summed E-state index contributed by atoms with van der Waals surface area (Å²) in [5.41, 5.74) is 0.103. The number of rotatable bonds is 3. The lowest BCUT2D eigenvalue weighted by Crippen LogP contribution is -2.15. The standard InChI is InChI=1S/C13H11Cl2FN2O/c1-7(2)18-12(10(15)6-17-18)13(19)9-4-3-8(14)5-11(9)16/h3-7H,1-2H3. The van der Waals surface area contributed by atoms with Crippen LogP contribution < -0.4 is 0 Å². The highest BCUT2D eigenvalue weighted by atomic mass is 35.5. The van der Waals surface area contributed by atoms with Gasteiger partial charge in [-0.15, -0.1) is 0 Å². The Hall–Kier alpha value is -1.39. The van der Waals surface area contributed by atoms with E-state index >= 15 is 0 Å². The number of hydrogen-bond donors (Lipinski definition) is 0. The summed E-state index contributed by atoms with van der Waals surface area (Å²) >= 11 is 11.6. The molecule has 2 rings (SSSR count). The first kappa shape index (κ1) is 14.0. The fourth-order valence-corrected chi connectivity index (χ4v) is 2.12. The van der Waals surface area contributed by atoms with Crippen molar-refractivity contribution in [1.82, 2.24) is 9.78 Å². The van der Waals surface area contributed by atoms with Gasteiger partial charge < -0.3 is 0 Å². The van der Waals surface area contributed by atoms with Gasteiger partial charge in [-0.1, -0.05) is 23.2 Å². The summed E-state index contributed by atoms with van der Waals surface area (Å²) < 4.78 is 15.3. The molecule has 1 aromatic heterocycles. The Bertz CT molecular complexity index is 638. The van der Waals surface area contributed by atoms with Crippen LogP contribution in [0.4, 0.5) is 4.39 Å². The first-order chi connectivity index (χ1) is 8.91. The second kappa shape index (κ2) is 5.31. The van der Waals surface area contributed by atoms with Gasteiger partial charge in [0.2, 0.25) is 5.78 Å². The van der Waals surface area contributed by atoms with Crippen molar-refractivity contribution < 1.29 is 9.18 Å². The zero-order chi connectivity index (χ0) is 14.2. The van der Waals surface area contributed by atoms with Gasteiger partial charge in [-0.05, 0) is 32.0 Å². The van der Waals surface area contributed by atoms with E-state index in [0.29, 0.717) is 0 Å². The maximum absolute atomic E-state index is 13.8. The third-order valence-corrected chi connectivity index (χ3v) is 3.14. The molecule has 0 atom stereocenters. The van der Waals surface area contributed by atoms with E-state index in [-0.39, 0.29) is 27.3 Å². The summed E-state index contributed by atoms with van der Waals surface area (Å²) in [5.74, 6) is -1.18. The molecule has 0 saturated carbocycles. The number of nitrogens with zero attached hydrogens (tertiary/aromatic N) is 2. The molecule has 0 fully saturated rings. The van der Waals surface area contributed by atoms with Gasteiger partial charge in [0.1, 0.15) is 11.5 Å². The van der Waals surface area contributed by atoms with Gasteiger partial charge in [-0.3, -0.25) is 9.48 Å². The molecule has 0 bridgehead atoms. The summed E-state index contributed by atoms with van der Waals surface area (Å²) in [6.07, 6.45) is 1.38. The van der Waals surface area contributed by atoms with E-state index in [0.717, 1.165) is 6.07 Å². The molecular formula is C13H11Cl2FN2O. The molecule has 1 heterocycles. The van der Waals surface area contributed by atoms with Gasteiger partial charge in [0.15, 0.2) is 0 Å². The molecule has 0 unspecified atom stereocenters. The Morgan fingerprint density at radius 1 is 1.37 bits per heavy atom. The number of benzene rings is 1. The molecule has 0 radical (unpaired) electrons. The van der Waals surface area contributed by atoms with Crippen LogP contribution in [0.25, 0.3) is 0 Å². The molecule has 0 spiro atoms. The smallest absolute Gasteiger partial charge is 0.215 e. The number of ketones is 1. The van der Waals surface area contributed by atoms with Crippen LogP contribution >= 0.6 is 23.2 Å². The fraction of sp³-hybridized carbons (Fsp3) is 0.231. The average Bonchev–Trinajstić information content (AvgIpc) is 2.70. The third kappa shape index (κ3) is 2.65. The maximum Gasteiger partial charge on any atom is 0.215 e. The van der Waals surface area contributed by atoms with Gasteiger partial charge in [0, 0.05) is 11.1 Å². The Labute approximate surface area is 119 Å². The van der Waals surface area contributed by atoms with Crippen LogP contribution in [0.3, 0.4) is 0 Å². The largest absolute Gasteiger partial charge is 0.287 e. The number of hydrogen-bond acceptors (Lipinski definition) is 2. The van der Waals surface area contributed by atoms with E-state index in [1.807, 2.05) is 13.8 Å². The van der Waals surface area contributed by atoms with E-state index in [2.05, 4.69) is 5.10 Å². The quantitative estimate of drug-likeness (QED) is 0.799. The van der Waals surface area contributed by atoms with Crippen molar-refractivity contribution in [3.63, 3.8) is 0 Å². The van der Waals surface area contributed by atoms with Crippen LogP contribution in [0.5, 0.6) is 0 Å². The molecule has 0 aliphatic carbocycles. The van der Waals surface area contributed by atoms with Gasteiger partial charge >= 0.3 is 0 Å². The Morgan fingerprint density at radius 3 is 2.63 bits per heavy atom. The molecule has 100 valence electrons.